The van der Waals surface area contributed by atoms with Crippen molar-refractivity contribution in [3.8, 4) is 34.7 Å². The van der Waals surface area contributed by atoms with Crippen molar-refractivity contribution < 1.29 is 27.8 Å². The Morgan fingerprint density at radius 2 is 1.75 bits per heavy atom. The zero-order valence-corrected chi connectivity index (χ0v) is 16.3. The molecule has 0 bridgehead atoms. The number of hydrogen-bond donors (Lipinski definition) is 2. The molecule has 2 rings (SSSR count). The monoisotopic (exact) mass is 395 g/mol. The van der Waals surface area contributed by atoms with E-state index >= 15 is 0 Å². The minimum Gasteiger partial charge on any atom is -0.407 e. The van der Waals surface area contributed by atoms with E-state index in [0.29, 0.717) is 33.6 Å². The average Bonchev–Trinajstić information content (AvgIpc) is 2.67. The molecule has 28 heavy (non-hydrogen) atoms. The molecule has 0 fully saturated rings. The van der Waals surface area contributed by atoms with Crippen molar-refractivity contribution >= 4 is 0 Å². The number of rotatable bonds is 5. The lowest BCUT2D eigenvalue weighted by atomic mass is 9.93. The summed E-state index contributed by atoms with van der Waals surface area (Å²) in [5.41, 5.74) is 9.03. The molecule has 0 aliphatic carbocycles. The van der Waals surface area contributed by atoms with Crippen LogP contribution in [0.3, 0.4) is 0 Å². The maximum atomic E-state index is 12.3. The van der Waals surface area contributed by atoms with E-state index in [0.717, 1.165) is 0 Å². The van der Waals surface area contributed by atoms with Gasteiger partial charge in [0.1, 0.15) is 17.6 Å². The summed E-state index contributed by atoms with van der Waals surface area (Å²) < 4.78 is 46.2. The van der Waals surface area contributed by atoms with E-state index in [1.54, 1.807) is 19.9 Å². The highest BCUT2D eigenvalue weighted by molar-refractivity contribution is 5.73. The predicted molar refractivity (Wildman–Crippen MR) is 103 cm³/mol. The summed E-state index contributed by atoms with van der Waals surface area (Å²) in [5.74, 6) is 2.70. The molecule has 152 valence electrons. The van der Waals surface area contributed by atoms with Gasteiger partial charge < -0.3 is 20.3 Å². The van der Waals surface area contributed by atoms with Crippen LogP contribution in [0.4, 0.5) is 13.2 Å². The molecule has 0 atom stereocenters. The van der Waals surface area contributed by atoms with Crippen LogP contribution in [0, 0.1) is 19.0 Å². The van der Waals surface area contributed by atoms with Crippen molar-refractivity contribution in [2.75, 3.05) is 0 Å². The largest absolute Gasteiger partial charge is 0.573 e. The summed E-state index contributed by atoms with van der Waals surface area (Å²) in [7, 11) is 0. The van der Waals surface area contributed by atoms with Gasteiger partial charge in [0.15, 0.2) is 0 Å². The predicted octanol–water partition coefficient (Wildman–Crippen LogP) is 4.90. The smallest absolute Gasteiger partial charge is 0.407 e. The maximum absolute atomic E-state index is 12.3. The van der Waals surface area contributed by atoms with E-state index in [-0.39, 0.29) is 18.9 Å². The van der Waals surface area contributed by atoms with Crippen molar-refractivity contribution in [3.05, 3.63) is 47.0 Å². The quantitative estimate of drug-likeness (QED) is 0.707. The van der Waals surface area contributed by atoms with Crippen molar-refractivity contribution in [2.24, 2.45) is 5.73 Å². The first-order chi connectivity index (χ1) is 13.3. The van der Waals surface area contributed by atoms with E-state index < -0.39 is 6.36 Å². The number of hydrogen-bond acceptors (Lipinski definition) is 4. The Hall–Kier alpha value is -2.69. The molecule has 0 radical (unpaired) electrons. The van der Waals surface area contributed by atoms with E-state index in [1.807, 2.05) is 13.8 Å². The maximum Gasteiger partial charge on any atom is 0.573 e. The molecule has 0 aromatic heterocycles. The Labute approximate surface area is 163 Å². The molecule has 0 heterocycles. The third-order valence-electron chi connectivity index (χ3n) is 3.76. The zero-order chi connectivity index (χ0) is 21.3. The van der Waals surface area contributed by atoms with E-state index in [2.05, 4.69) is 16.8 Å². The van der Waals surface area contributed by atoms with Crippen LogP contribution in [0.1, 0.15) is 37.5 Å². The van der Waals surface area contributed by atoms with Gasteiger partial charge in [-0.25, -0.2) is 0 Å². The molecule has 3 N–H and O–H groups in total. The third kappa shape index (κ3) is 5.91. The third-order valence-corrected chi connectivity index (χ3v) is 3.76. The SMILES string of the molecule is CC.CC#COc1c(C)c(-c2ccc(OC(F)(F)F)cc2)cc(CN)c1CO. The minimum absolute atomic E-state index is 0.161. The number of halogens is 3. The van der Waals surface area contributed by atoms with Gasteiger partial charge in [-0.15, -0.1) is 13.2 Å². The molecule has 2 aromatic carbocycles. The highest BCUT2D eigenvalue weighted by Gasteiger charge is 2.31. The van der Waals surface area contributed by atoms with Crippen LogP contribution in [-0.4, -0.2) is 11.5 Å². The van der Waals surface area contributed by atoms with Crippen LogP contribution in [0.25, 0.3) is 11.1 Å². The van der Waals surface area contributed by atoms with E-state index in [9.17, 15) is 18.3 Å². The highest BCUT2D eigenvalue weighted by atomic mass is 19.4. The first-order valence-corrected chi connectivity index (χ1v) is 8.71. The topological polar surface area (TPSA) is 64.7 Å². The van der Waals surface area contributed by atoms with E-state index in [1.165, 1.54) is 24.3 Å². The summed E-state index contributed by atoms with van der Waals surface area (Å²) in [6, 6.07) is 7.27. The molecule has 0 saturated carbocycles. The normalized spacial score (nSPS) is 10.3. The molecule has 0 aliphatic heterocycles. The molecule has 0 unspecified atom stereocenters. The summed E-state index contributed by atoms with van der Waals surface area (Å²) in [6.07, 6.45) is -2.25. The summed E-state index contributed by atoms with van der Waals surface area (Å²) in [4.78, 5) is 0. The van der Waals surface area contributed by atoms with Gasteiger partial charge in [0, 0.05) is 24.6 Å². The summed E-state index contributed by atoms with van der Waals surface area (Å²) in [6.45, 7) is 7.28. The number of ether oxygens (including phenoxy) is 2. The number of benzene rings is 2. The van der Waals surface area contributed by atoms with Gasteiger partial charge in [-0.05, 0) is 41.8 Å². The number of nitrogens with two attached hydrogens (primary N) is 1. The fourth-order valence-corrected chi connectivity index (χ4v) is 2.60. The Bertz CT molecular complexity index is 835. The van der Waals surface area contributed by atoms with Gasteiger partial charge in [-0.1, -0.05) is 31.9 Å². The Kier molecular flexibility index (Phi) is 8.83. The van der Waals surface area contributed by atoms with Gasteiger partial charge in [-0.3, -0.25) is 0 Å². The second kappa shape index (κ2) is 10.6. The number of aliphatic hydroxyl groups excluding tert-OH is 1. The summed E-state index contributed by atoms with van der Waals surface area (Å²) in [5, 5.41) is 9.65. The van der Waals surface area contributed by atoms with Crippen LogP contribution in [0.15, 0.2) is 30.3 Å². The summed E-state index contributed by atoms with van der Waals surface area (Å²) >= 11 is 0. The number of aliphatic hydroxyl groups is 1. The van der Waals surface area contributed by atoms with Gasteiger partial charge in [0.25, 0.3) is 0 Å². The van der Waals surface area contributed by atoms with Crippen molar-refractivity contribution in [1.82, 2.24) is 0 Å². The molecule has 7 heteroatoms. The van der Waals surface area contributed by atoms with Crippen molar-refractivity contribution in [2.45, 2.75) is 47.2 Å². The average molecular weight is 395 g/mol. The molecule has 0 amide bonds. The van der Waals surface area contributed by atoms with Gasteiger partial charge in [-0.2, -0.15) is 0 Å². The Morgan fingerprint density at radius 1 is 1.14 bits per heavy atom. The zero-order valence-electron chi connectivity index (χ0n) is 16.3. The fourth-order valence-electron chi connectivity index (χ4n) is 2.60. The van der Waals surface area contributed by atoms with Crippen LogP contribution >= 0.6 is 0 Å². The lowest BCUT2D eigenvalue weighted by Gasteiger charge is -2.17. The van der Waals surface area contributed by atoms with E-state index in [4.69, 9.17) is 10.5 Å². The van der Waals surface area contributed by atoms with Gasteiger partial charge >= 0.3 is 6.36 Å². The van der Waals surface area contributed by atoms with Gasteiger partial charge in [0.2, 0.25) is 0 Å². The second-order valence-corrected chi connectivity index (χ2v) is 5.40. The molecule has 0 aliphatic rings. The van der Waals surface area contributed by atoms with Crippen LogP contribution in [0.2, 0.25) is 0 Å². The Morgan fingerprint density at radius 3 is 2.21 bits per heavy atom. The fraction of sp³-hybridized carbons (Fsp3) is 0.333. The number of alkyl halides is 3. The van der Waals surface area contributed by atoms with Crippen LogP contribution in [0.5, 0.6) is 11.5 Å². The molecular formula is C21H24F3NO3. The molecule has 0 spiro atoms. The molecule has 0 saturated heterocycles. The molecular weight excluding hydrogens is 371 g/mol. The van der Waals surface area contributed by atoms with Gasteiger partial charge in [0.05, 0.1) is 6.61 Å². The Balaban J connectivity index is 0.00000190. The highest BCUT2D eigenvalue weighted by Crippen LogP contribution is 2.37. The van der Waals surface area contributed by atoms with Crippen LogP contribution in [-0.2, 0) is 13.2 Å². The lowest BCUT2D eigenvalue weighted by molar-refractivity contribution is -0.274. The molecule has 4 nitrogen and oxygen atoms in total. The first kappa shape index (κ1) is 23.3. The van der Waals surface area contributed by atoms with Crippen LogP contribution < -0.4 is 15.2 Å². The second-order valence-electron chi connectivity index (χ2n) is 5.40. The van der Waals surface area contributed by atoms with Crippen molar-refractivity contribution in [1.29, 1.82) is 0 Å². The standard InChI is InChI=1S/C19H18F3NO3.C2H6/c1-3-8-25-18-12(2)16(9-14(10-23)17(18)11-24)13-4-6-15(7-5-13)26-19(20,21)22;1-2/h4-7,9,24H,10-11,23H2,1-2H3;1-2H3. The lowest BCUT2D eigenvalue weighted by Crippen LogP contribution is -2.16. The first-order valence-electron chi connectivity index (χ1n) is 8.71. The minimum atomic E-state index is -4.74. The van der Waals surface area contributed by atoms with Crippen molar-refractivity contribution in [3.63, 3.8) is 0 Å². The molecule has 2 aromatic rings.